The van der Waals surface area contributed by atoms with Crippen molar-refractivity contribution in [3.63, 3.8) is 0 Å². The van der Waals surface area contributed by atoms with Crippen LogP contribution in [0.1, 0.15) is 36.5 Å². The fourth-order valence-electron chi connectivity index (χ4n) is 4.11. The van der Waals surface area contributed by atoms with Crippen LogP contribution >= 0.6 is 0 Å². The Balaban J connectivity index is 0.000000240. The van der Waals surface area contributed by atoms with Crippen molar-refractivity contribution >= 4 is 17.9 Å². The molecule has 36 heavy (non-hydrogen) atoms. The summed E-state index contributed by atoms with van der Waals surface area (Å²) in [5.41, 5.74) is -0.164. The fraction of sp³-hybridized carbons (Fsp3) is 0.222. The summed E-state index contributed by atoms with van der Waals surface area (Å²) in [6.07, 6.45) is -2.29. The van der Waals surface area contributed by atoms with E-state index in [9.17, 15) is 14.4 Å². The minimum absolute atomic E-state index is 0.609. The van der Waals surface area contributed by atoms with E-state index in [0.29, 0.717) is 6.61 Å². The SMILES string of the molecule is CCOC1(c2ccccc2)c2ccccc2Oc2ccccc21.O=C(O)CC(O)(CC(=O)O)C(=O)O. The third-order valence-electron chi connectivity index (χ3n) is 5.58. The van der Waals surface area contributed by atoms with Gasteiger partial charge in [0.1, 0.15) is 11.5 Å². The third kappa shape index (κ3) is 5.37. The van der Waals surface area contributed by atoms with Crippen LogP contribution in [0.4, 0.5) is 0 Å². The van der Waals surface area contributed by atoms with Crippen molar-refractivity contribution in [2.45, 2.75) is 31.0 Å². The number of carboxylic acids is 3. The van der Waals surface area contributed by atoms with Gasteiger partial charge in [0.25, 0.3) is 0 Å². The van der Waals surface area contributed by atoms with Gasteiger partial charge in [-0.05, 0) is 24.6 Å². The fourth-order valence-corrected chi connectivity index (χ4v) is 4.11. The highest BCUT2D eigenvalue weighted by molar-refractivity contribution is 5.88. The topological polar surface area (TPSA) is 151 Å². The summed E-state index contributed by atoms with van der Waals surface area (Å²) in [5.74, 6) is -3.32. The van der Waals surface area contributed by atoms with E-state index in [1.165, 1.54) is 0 Å². The molecule has 0 aromatic heterocycles. The number of aliphatic hydroxyl groups is 1. The predicted octanol–water partition coefficient (Wildman–Crippen LogP) is 3.87. The van der Waals surface area contributed by atoms with E-state index in [0.717, 1.165) is 28.2 Å². The zero-order valence-corrected chi connectivity index (χ0v) is 19.5. The van der Waals surface area contributed by atoms with Gasteiger partial charge in [0, 0.05) is 17.7 Å². The number of carboxylic acid groups (broad SMARTS) is 3. The highest BCUT2D eigenvalue weighted by atomic mass is 16.5. The molecule has 0 saturated heterocycles. The first kappa shape index (κ1) is 26.4. The molecule has 1 aliphatic rings. The van der Waals surface area contributed by atoms with Crippen molar-refractivity contribution in [2.75, 3.05) is 6.61 Å². The van der Waals surface area contributed by atoms with Gasteiger partial charge >= 0.3 is 17.9 Å². The highest BCUT2D eigenvalue weighted by Crippen LogP contribution is 2.52. The molecule has 0 aliphatic carbocycles. The summed E-state index contributed by atoms with van der Waals surface area (Å²) < 4.78 is 12.5. The monoisotopic (exact) mass is 494 g/mol. The second-order valence-electron chi connectivity index (χ2n) is 8.05. The number of benzene rings is 3. The molecule has 4 rings (SSSR count). The van der Waals surface area contributed by atoms with Crippen molar-refractivity contribution in [1.29, 1.82) is 0 Å². The van der Waals surface area contributed by atoms with E-state index in [4.69, 9.17) is 29.9 Å². The maximum absolute atomic E-state index is 10.3. The molecular formula is C27H26O9. The van der Waals surface area contributed by atoms with Crippen LogP contribution in [0.5, 0.6) is 11.5 Å². The van der Waals surface area contributed by atoms with E-state index in [1.807, 2.05) is 49.4 Å². The van der Waals surface area contributed by atoms with Crippen LogP contribution < -0.4 is 4.74 Å². The number of hydrogen-bond acceptors (Lipinski definition) is 6. The van der Waals surface area contributed by atoms with Gasteiger partial charge in [0.05, 0.1) is 12.8 Å². The number of fused-ring (bicyclic) bond motifs is 2. The Hall–Kier alpha value is -4.21. The van der Waals surface area contributed by atoms with Crippen LogP contribution in [0, 0.1) is 0 Å². The van der Waals surface area contributed by atoms with E-state index in [1.54, 1.807) is 0 Å². The molecule has 3 aromatic carbocycles. The molecule has 9 nitrogen and oxygen atoms in total. The van der Waals surface area contributed by atoms with Gasteiger partial charge in [-0.1, -0.05) is 66.7 Å². The van der Waals surface area contributed by atoms with E-state index < -0.39 is 42.0 Å². The first-order valence-corrected chi connectivity index (χ1v) is 11.1. The number of para-hydroxylation sites is 2. The molecule has 0 amide bonds. The Kier molecular flexibility index (Phi) is 8.08. The number of rotatable bonds is 8. The van der Waals surface area contributed by atoms with Gasteiger partial charge in [-0.25, -0.2) is 4.79 Å². The first-order chi connectivity index (χ1) is 17.1. The van der Waals surface area contributed by atoms with E-state index in [2.05, 4.69) is 36.4 Å². The molecule has 0 unspecified atom stereocenters. The lowest BCUT2D eigenvalue weighted by molar-refractivity contribution is -0.170. The summed E-state index contributed by atoms with van der Waals surface area (Å²) in [6.45, 7) is 2.64. The van der Waals surface area contributed by atoms with Gasteiger partial charge in [0.2, 0.25) is 0 Å². The van der Waals surface area contributed by atoms with Crippen LogP contribution in [-0.4, -0.2) is 50.5 Å². The number of hydrogen-bond donors (Lipinski definition) is 4. The Morgan fingerprint density at radius 3 is 1.64 bits per heavy atom. The first-order valence-electron chi connectivity index (χ1n) is 11.1. The van der Waals surface area contributed by atoms with Crippen molar-refractivity contribution in [3.05, 3.63) is 95.6 Å². The maximum atomic E-state index is 10.3. The lowest BCUT2D eigenvalue weighted by atomic mass is 9.78. The lowest BCUT2D eigenvalue weighted by Crippen LogP contribution is -2.42. The zero-order chi connectivity index (χ0) is 26.3. The average Bonchev–Trinajstić information content (AvgIpc) is 2.84. The summed E-state index contributed by atoms with van der Waals surface area (Å²) >= 11 is 0. The maximum Gasteiger partial charge on any atom is 0.336 e. The molecule has 0 spiro atoms. The quantitative estimate of drug-likeness (QED) is 0.366. The Bertz CT molecular complexity index is 1180. The van der Waals surface area contributed by atoms with Gasteiger partial charge in [0.15, 0.2) is 11.2 Å². The summed E-state index contributed by atoms with van der Waals surface area (Å²) in [4.78, 5) is 30.5. The standard InChI is InChI=1S/C21H18O2.C6H8O7/c1-2-22-21(16-10-4-3-5-11-16)17-12-6-8-14-19(17)23-20-15-9-7-13-18(20)21;7-3(8)1-6(13,5(11)12)2-4(9)10/h3-15H,2H2,1H3;13H,1-2H2,(H,7,8)(H,9,10)(H,11,12). The van der Waals surface area contributed by atoms with E-state index in [-0.39, 0.29) is 0 Å². The molecule has 188 valence electrons. The average molecular weight is 494 g/mol. The molecule has 1 aliphatic heterocycles. The van der Waals surface area contributed by atoms with Crippen LogP contribution in [0.15, 0.2) is 78.9 Å². The van der Waals surface area contributed by atoms with E-state index >= 15 is 0 Å². The van der Waals surface area contributed by atoms with Crippen molar-refractivity contribution < 1.29 is 44.3 Å². The van der Waals surface area contributed by atoms with Gasteiger partial charge in [-0.2, -0.15) is 0 Å². The smallest absolute Gasteiger partial charge is 0.336 e. The number of aliphatic carboxylic acids is 3. The van der Waals surface area contributed by atoms with Gasteiger partial charge in [-0.3, -0.25) is 9.59 Å². The lowest BCUT2D eigenvalue weighted by Gasteiger charge is -2.40. The Morgan fingerprint density at radius 1 is 0.778 bits per heavy atom. The molecule has 1 heterocycles. The third-order valence-corrected chi connectivity index (χ3v) is 5.58. The van der Waals surface area contributed by atoms with Crippen LogP contribution in [0.2, 0.25) is 0 Å². The second kappa shape index (κ2) is 11.0. The van der Waals surface area contributed by atoms with Crippen molar-refractivity contribution in [1.82, 2.24) is 0 Å². The number of ether oxygens (including phenoxy) is 2. The Morgan fingerprint density at radius 2 is 1.22 bits per heavy atom. The minimum atomic E-state index is -2.74. The minimum Gasteiger partial charge on any atom is -0.481 e. The molecule has 3 aromatic rings. The Labute approximate surface area is 207 Å². The zero-order valence-electron chi connectivity index (χ0n) is 19.5. The van der Waals surface area contributed by atoms with Crippen molar-refractivity contribution in [2.24, 2.45) is 0 Å². The van der Waals surface area contributed by atoms with Crippen LogP contribution in [0.3, 0.4) is 0 Å². The molecular weight excluding hydrogens is 468 g/mol. The van der Waals surface area contributed by atoms with Crippen LogP contribution in [-0.2, 0) is 24.7 Å². The summed E-state index contributed by atoms with van der Waals surface area (Å²) in [6, 6.07) is 26.6. The largest absolute Gasteiger partial charge is 0.481 e. The second-order valence-corrected chi connectivity index (χ2v) is 8.05. The normalized spacial score (nSPS) is 13.2. The highest BCUT2D eigenvalue weighted by Gasteiger charge is 2.44. The summed E-state index contributed by atoms with van der Waals surface area (Å²) in [7, 11) is 0. The molecule has 0 atom stereocenters. The molecule has 0 radical (unpaired) electrons. The molecule has 4 N–H and O–H groups in total. The molecule has 0 fully saturated rings. The molecule has 0 bridgehead atoms. The summed E-state index contributed by atoms with van der Waals surface area (Å²) in [5, 5.41) is 33.8. The van der Waals surface area contributed by atoms with Crippen LogP contribution in [0.25, 0.3) is 0 Å². The van der Waals surface area contributed by atoms with Gasteiger partial charge in [-0.15, -0.1) is 0 Å². The van der Waals surface area contributed by atoms with Crippen molar-refractivity contribution in [3.8, 4) is 11.5 Å². The van der Waals surface area contributed by atoms with Gasteiger partial charge < -0.3 is 29.9 Å². The number of carbonyl (C=O) groups is 3. The molecule has 9 heteroatoms. The molecule has 0 saturated carbocycles. The predicted molar refractivity (Wildman–Crippen MR) is 128 cm³/mol.